The Kier molecular flexibility index (Phi) is 5.20. The molecule has 1 amide bonds. The molecule has 1 fully saturated rings. The van der Waals surface area contributed by atoms with Crippen molar-refractivity contribution >= 4 is 28.5 Å². The highest BCUT2D eigenvalue weighted by atomic mass is 127. The number of hydrogen-bond donors (Lipinski definition) is 0. The molecule has 4 rings (SSSR count). The van der Waals surface area contributed by atoms with E-state index in [4.69, 9.17) is 0 Å². The monoisotopic (exact) mass is 524 g/mol. The van der Waals surface area contributed by atoms with Crippen LogP contribution in [0.5, 0.6) is 0 Å². The van der Waals surface area contributed by atoms with Crippen LogP contribution >= 0.6 is 22.6 Å². The molecule has 1 aromatic heterocycles. The molecular weight excluding hydrogens is 507 g/mol. The molecular formula is C18H17F4IN4O2. The van der Waals surface area contributed by atoms with E-state index in [1.54, 1.807) is 4.90 Å². The molecule has 0 bridgehead atoms. The zero-order valence-corrected chi connectivity index (χ0v) is 17.3. The summed E-state index contributed by atoms with van der Waals surface area (Å²) < 4.78 is 55.1. The molecule has 1 saturated heterocycles. The predicted octanol–water partition coefficient (Wildman–Crippen LogP) is 2.77. The highest BCUT2D eigenvalue weighted by Crippen LogP contribution is 2.32. The third-order valence-corrected chi connectivity index (χ3v) is 6.02. The van der Waals surface area contributed by atoms with E-state index in [1.807, 2.05) is 0 Å². The van der Waals surface area contributed by atoms with Crippen LogP contribution in [0.3, 0.4) is 0 Å². The molecule has 0 saturated carbocycles. The molecule has 1 aromatic carbocycles. The van der Waals surface area contributed by atoms with Gasteiger partial charge in [0.2, 0.25) is 5.91 Å². The number of hydrogen-bond acceptors (Lipinski definition) is 3. The van der Waals surface area contributed by atoms with Crippen molar-refractivity contribution in [3.05, 3.63) is 51.5 Å². The summed E-state index contributed by atoms with van der Waals surface area (Å²) >= 11 is 2.26. The first-order chi connectivity index (χ1) is 13.6. The number of halogens is 5. The number of amides is 1. The smallest absolute Gasteiger partial charge is 0.339 e. The number of alkyl halides is 4. The van der Waals surface area contributed by atoms with Gasteiger partial charge in [-0.05, 0) is 30.5 Å². The van der Waals surface area contributed by atoms with Gasteiger partial charge in [-0.2, -0.15) is 18.3 Å². The van der Waals surface area contributed by atoms with Gasteiger partial charge < -0.3 is 4.90 Å². The van der Waals surface area contributed by atoms with Gasteiger partial charge in [-0.3, -0.25) is 9.36 Å². The summed E-state index contributed by atoms with van der Waals surface area (Å²) in [5, 5.41) is 4.23. The van der Waals surface area contributed by atoms with Gasteiger partial charge in [0.1, 0.15) is 17.7 Å². The summed E-state index contributed by atoms with van der Waals surface area (Å²) in [7, 11) is 0. The molecule has 0 aliphatic carbocycles. The van der Waals surface area contributed by atoms with E-state index in [2.05, 4.69) is 27.7 Å². The van der Waals surface area contributed by atoms with Gasteiger partial charge in [-0.25, -0.2) is 13.9 Å². The van der Waals surface area contributed by atoms with Crippen molar-refractivity contribution in [3.63, 3.8) is 0 Å². The second kappa shape index (κ2) is 7.40. The topological polar surface area (TPSA) is 60.1 Å². The summed E-state index contributed by atoms with van der Waals surface area (Å²) in [6.45, 7) is 1.05. The van der Waals surface area contributed by atoms with Crippen molar-refractivity contribution in [2.45, 2.75) is 41.9 Å². The Morgan fingerprint density at radius 1 is 1.28 bits per heavy atom. The molecule has 3 heterocycles. The normalized spacial score (nSPS) is 19.8. The zero-order chi connectivity index (χ0) is 20.9. The minimum Gasteiger partial charge on any atom is -0.339 e. The second-order valence-electron chi connectivity index (χ2n) is 7.29. The SMILES string of the molecule is O=C([C@@H]1CCCc2nn(Cc3ccc(F)c(C(F)(F)F)c3)c(=O)n21)N1CC(I)C1. The summed E-state index contributed by atoms with van der Waals surface area (Å²) in [6, 6.07) is 1.97. The van der Waals surface area contributed by atoms with Crippen LogP contribution in [0.1, 0.15) is 35.8 Å². The number of aryl methyl sites for hydroxylation is 1. The Balaban J connectivity index is 1.63. The maximum Gasteiger partial charge on any atom is 0.419 e. The van der Waals surface area contributed by atoms with E-state index in [0.29, 0.717) is 48.2 Å². The molecule has 0 unspecified atom stereocenters. The third-order valence-electron chi connectivity index (χ3n) is 5.23. The summed E-state index contributed by atoms with van der Waals surface area (Å²) in [5.41, 5.74) is -1.82. The van der Waals surface area contributed by atoms with Crippen LogP contribution in [-0.2, 0) is 23.9 Å². The molecule has 29 heavy (non-hydrogen) atoms. The number of fused-ring (bicyclic) bond motifs is 1. The van der Waals surface area contributed by atoms with E-state index < -0.39 is 29.3 Å². The first-order valence-electron chi connectivity index (χ1n) is 9.12. The number of aromatic nitrogens is 3. The summed E-state index contributed by atoms with van der Waals surface area (Å²) in [6.07, 6.45) is -3.10. The van der Waals surface area contributed by atoms with Gasteiger partial charge >= 0.3 is 11.9 Å². The van der Waals surface area contributed by atoms with Gasteiger partial charge in [0.05, 0.1) is 12.1 Å². The second-order valence-corrected chi connectivity index (χ2v) is 9.05. The Bertz CT molecular complexity index is 1010. The Hall–Kier alpha value is -1.92. The number of nitrogens with zero attached hydrogens (tertiary/aromatic N) is 4. The zero-order valence-electron chi connectivity index (χ0n) is 15.1. The van der Waals surface area contributed by atoms with Gasteiger partial charge in [-0.1, -0.05) is 28.7 Å². The largest absolute Gasteiger partial charge is 0.419 e. The van der Waals surface area contributed by atoms with Gasteiger partial charge in [0.25, 0.3) is 0 Å². The maximum absolute atomic E-state index is 13.5. The number of rotatable bonds is 3. The Morgan fingerprint density at radius 3 is 2.66 bits per heavy atom. The van der Waals surface area contributed by atoms with Crippen LogP contribution in [0.4, 0.5) is 17.6 Å². The molecule has 6 nitrogen and oxygen atoms in total. The maximum atomic E-state index is 13.5. The lowest BCUT2D eigenvalue weighted by Gasteiger charge is -2.39. The average Bonchev–Trinajstić information content (AvgIpc) is 2.95. The fourth-order valence-electron chi connectivity index (χ4n) is 3.74. The fraction of sp³-hybridized carbons (Fsp3) is 0.500. The van der Waals surface area contributed by atoms with Crippen molar-refractivity contribution in [2.24, 2.45) is 0 Å². The lowest BCUT2D eigenvalue weighted by Crippen LogP contribution is -2.54. The summed E-state index contributed by atoms with van der Waals surface area (Å²) in [4.78, 5) is 27.3. The fourth-order valence-corrected chi connectivity index (χ4v) is 4.70. The van der Waals surface area contributed by atoms with E-state index in [1.165, 1.54) is 10.6 Å². The van der Waals surface area contributed by atoms with Gasteiger partial charge in [0.15, 0.2) is 0 Å². The van der Waals surface area contributed by atoms with Crippen LogP contribution in [-0.4, -0.2) is 42.2 Å². The molecule has 11 heteroatoms. The van der Waals surface area contributed by atoms with Crippen molar-refractivity contribution in [1.29, 1.82) is 0 Å². The molecule has 2 aliphatic rings. The molecule has 2 aromatic rings. The number of benzene rings is 1. The Morgan fingerprint density at radius 2 is 2.00 bits per heavy atom. The van der Waals surface area contributed by atoms with Crippen LogP contribution in [0, 0.1) is 5.82 Å². The lowest BCUT2D eigenvalue weighted by atomic mass is 10.0. The highest BCUT2D eigenvalue weighted by molar-refractivity contribution is 14.1. The number of carbonyl (C=O) groups excluding carboxylic acids is 1. The van der Waals surface area contributed by atoms with Crippen molar-refractivity contribution in [1.82, 2.24) is 19.2 Å². The molecule has 2 aliphatic heterocycles. The van der Waals surface area contributed by atoms with E-state index in [-0.39, 0.29) is 18.0 Å². The van der Waals surface area contributed by atoms with E-state index in [9.17, 15) is 27.2 Å². The third kappa shape index (κ3) is 3.80. The van der Waals surface area contributed by atoms with Crippen LogP contribution in [0.15, 0.2) is 23.0 Å². The molecule has 0 spiro atoms. The predicted molar refractivity (Wildman–Crippen MR) is 103 cm³/mol. The van der Waals surface area contributed by atoms with Crippen molar-refractivity contribution in [3.8, 4) is 0 Å². The van der Waals surface area contributed by atoms with Gasteiger partial charge in [0, 0.05) is 23.4 Å². The van der Waals surface area contributed by atoms with Gasteiger partial charge in [-0.15, -0.1) is 0 Å². The minimum atomic E-state index is -4.83. The van der Waals surface area contributed by atoms with E-state index >= 15 is 0 Å². The standard InChI is InChI=1S/C18H17F4IN4O2/c19-13-5-4-10(6-12(13)18(20,21)22)7-26-17(29)27-14(2-1-3-15(27)24-26)16(28)25-8-11(23)9-25/h4-6,11,14H,1-3,7-9H2/t14-/m0/s1. The average molecular weight is 524 g/mol. The Labute approximate surface area is 176 Å². The van der Waals surface area contributed by atoms with E-state index in [0.717, 1.165) is 10.7 Å². The van der Waals surface area contributed by atoms with Crippen LogP contribution in [0.25, 0.3) is 0 Å². The minimum absolute atomic E-state index is 0.106. The number of likely N-dealkylation sites (tertiary alicyclic amines) is 1. The first kappa shape index (κ1) is 20.4. The van der Waals surface area contributed by atoms with Crippen LogP contribution in [0.2, 0.25) is 0 Å². The van der Waals surface area contributed by atoms with Crippen LogP contribution < -0.4 is 5.69 Å². The highest BCUT2D eigenvalue weighted by Gasteiger charge is 2.38. The lowest BCUT2D eigenvalue weighted by molar-refractivity contribution is -0.140. The quantitative estimate of drug-likeness (QED) is 0.353. The first-order valence-corrected chi connectivity index (χ1v) is 10.4. The molecule has 156 valence electrons. The van der Waals surface area contributed by atoms with Crippen molar-refractivity contribution in [2.75, 3.05) is 13.1 Å². The molecule has 0 radical (unpaired) electrons. The molecule has 0 N–H and O–H groups in total. The summed E-state index contributed by atoms with van der Waals surface area (Å²) in [5.74, 6) is -1.04. The van der Waals surface area contributed by atoms with Crippen molar-refractivity contribution < 1.29 is 22.4 Å². The number of carbonyl (C=O) groups is 1. The molecule has 1 atom stereocenters.